The second-order valence-corrected chi connectivity index (χ2v) is 5.75. The van der Waals surface area contributed by atoms with E-state index in [9.17, 15) is 0 Å². The lowest BCUT2D eigenvalue weighted by molar-refractivity contribution is 0.179. The highest BCUT2D eigenvalue weighted by atomic mass is 15.2. The molecule has 2 atom stereocenters. The Hall–Kier alpha value is -0.120. The van der Waals surface area contributed by atoms with Gasteiger partial charge in [-0.2, -0.15) is 0 Å². The quantitative estimate of drug-likeness (QED) is 0.796. The van der Waals surface area contributed by atoms with Crippen LogP contribution in [0.3, 0.4) is 0 Å². The molecule has 0 spiro atoms. The molecule has 3 nitrogen and oxygen atoms in total. The van der Waals surface area contributed by atoms with Crippen molar-refractivity contribution >= 4 is 0 Å². The maximum Gasteiger partial charge on any atom is 0.0371 e. The third-order valence-corrected chi connectivity index (χ3v) is 4.37. The first-order chi connectivity index (χ1) is 8.08. The van der Waals surface area contributed by atoms with E-state index in [-0.39, 0.29) is 0 Å². The zero-order valence-corrected chi connectivity index (χ0v) is 12.2. The van der Waals surface area contributed by atoms with Crippen molar-refractivity contribution in [3.63, 3.8) is 0 Å². The molecule has 0 saturated carbocycles. The van der Waals surface area contributed by atoms with Crippen LogP contribution in [-0.2, 0) is 0 Å². The molecule has 1 aliphatic heterocycles. The fourth-order valence-electron chi connectivity index (χ4n) is 2.93. The summed E-state index contributed by atoms with van der Waals surface area (Å²) < 4.78 is 0. The van der Waals surface area contributed by atoms with Gasteiger partial charge >= 0.3 is 0 Å². The van der Waals surface area contributed by atoms with E-state index < -0.39 is 0 Å². The first-order valence-electron chi connectivity index (χ1n) is 7.22. The fraction of sp³-hybridized carbons (Fsp3) is 1.00. The Morgan fingerprint density at radius 1 is 1.18 bits per heavy atom. The molecule has 1 aliphatic rings. The summed E-state index contributed by atoms with van der Waals surface area (Å²) in [4.78, 5) is 4.90. The third kappa shape index (κ3) is 4.57. The molecular formula is C14H31N3. The van der Waals surface area contributed by atoms with Crippen LogP contribution in [-0.4, -0.2) is 55.6 Å². The van der Waals surface area contributed by atoms with Crippen molar-refractivity contribution in [2.45, 2.75) is 51.6 Å². The predicted octanol–water partition coefficient (Wildman–Crippen LogP) is 1.78. The van der Waals surface area contributed by atoms with Gasteiger partial charge in [0.15, 0.2) is 0 Å². The van der Waals surface area contributed by atoms with Crippen molar-refractivity contribution < 1.29 is 0 Å². The lowest BCUT2D eigenvalue weighted by Crippen LogP contribution is -2.50. The molecule has 0 aromatic carbocycles. The highest BCUT2D eigenvalue weighted by molar-refractivity contribution is 4.86. The lowest BCUT2D eigenvalue weighted by atomic mass is 9.91. The van der Waals surface area contributed by atoms with Gasteiger partial charge in [0.05, 0.1) is 0 Å². The molecule has 0 aromatic rings. The molecule has 2 unspecified atom stereocenters. The molecule has 1 heterocycles. The van der Waals surface area contributed by atoms with Gasteiger partial charge in [-0.25, -0.2) is 0 Å². The standard InChI is InChI=1S/C14H31N3/c1-5-12(6-2)10-13(15)14-11-16(3)8-7-9-17(14)4/h12-14H,5-11,15H2,1-4H3. The Morgan fingerprint density at radius 3 is 2.41 bits per heavy atom. The van der Waals surface area contributed by atoms with Crippen molar-refractivity contribution in [1.82, 2.24) is 9.80 Å². The van der Waals surface area contributed by atoms with Gasteiger partial charge in [0, 0.05) is 18.6 Å². The summed E-state index contributed by atoms with van der Waals surface area (Å²) in [5.74, 6) is 0.798. The van der Waals surface area contributed by atoms with Crippen LogP contribution in [0.1, 0.15) is 39.5 Å². The molecule has 0 aromatic heterocycles. The van der Waals surface area contributed by atoms with Crippen molar-refractivity contribution in [3.05, 3.63) is 0 Å². The maximum atomic E-state index is 6.45. The molecule has 0 amide bonds. The normalized spacial score (nSPS) is 26.1. The van der Waals surface area contributed by atoms with E-state index in [4.69, 9.17) is 5.73 Å². The minimum Gasteiger partial charge on any atom is -0.326 e. The fourth-order valence-corrected chi connectivity index (χ4v) is 2.93. The summed E-state index contributed by atoms with van der Waals surface area (Å²) in [6.45, 7) is 8.08. The van der Waals surface area contributed by atoms with E-state index >= 15 is 0 Å². The average Bonchev–Trinajstić information content (AvgIpc) is 2.48. The summed E-state index contributed by atoms with van der Waals surface area (Å²) in [5, 5.41) is 0. The zero-order valence-electron chi connectivity index (χ0n) is 12.2. The lowest BCUT2D eigenvalue weighted by Gasteiger charge is -2.34. The van der Waals surface area contributed by atoms with E-state index in [1.165, 1.54) is 38.8 Å². The summed E-state index contributed by atoms with van der Waals surface area (Å²) in [6.07, 6.45) is 4.96. The van der Waals surface area contributed by atoms with Gasteiger partial charge in [-0.1, -0.05) is 26.7 Å². The molecule has 0 aliphatic carbocycles. The van der Waals surface area contributed by atoms with Crippen molar-refractivity contribution in [2.24, 2.45) is 11.7 Å². The van der Waals surface area contributed by atoms with E-state index in [2.05, 4.69) is 37.7 Å². The molecule has 102 valence electrons. The average molecular weight is 241 g/mol. The van der Waals surface area contributed by atoms with Crippen LogP contribution in [0.5, 0.6) is 0 Å². The molecular weight excluding hydrogens is 210 g/mol. The second-order valence-electron chi connectivity index (χ2n) is 5.75. The maximum absolute atomic E-state index is 6.45. The number of nitrogens with two attached hydrogens (primary N) is 1. The smallest absolute Gasteiger partial charge is 0.0371 e. The summed E-state index contributed by atoms with van der Waals surface area (Å²) >= 11 is 0. The predicted molar refractivity (Wildman–Crippen MR) is 75.2 cm³/mol. The Bertz CT molecular complexity index is 204. The molecule has 0 radical (unpaired) electrons. The summed E-state index contributed by atoms with van der Waals surface area (Å²) in [6, 6.07) is 0.855. The minimum absolute atomic E-state index is 0.324. The van der Waals surface area contributed by atoms with Gasteiger partial charge in [0.25, 0.3) is 0 Å². The number of nitrogens with zero attached hydrogens (tertiary/aromatic N) is 2. The van der Waals surface area contributed by atoms with Crippen LogP contribution >= 0.6 is 0 Å². The van der Waals surface area contributed by atoms with Crippen LogP contribution in [0.2, 0.25) is 0 Å². The van der Waals surface area contributed by atoms with Crippen LogP contribution in [0.15, 0.2) is 0 Å². The highest BCUT2D eigenvalue weighted by Crippen LogP contribution is 2.19. The number of likely N-dealkylation sites (N-methyl/N-ethyl adjacent to an activating group) is 2. The largest absolute Gasteiger partial charge is 0.326 e. The van der Waals surface area contributed by atoms with Crippen molar-refractivity contribution in [2.75, 3.05) is 33.7 Å². The summed E-state index contributed by atoms with van der Waals surface area (Å²) in [7, 11) is 4.45. The van der Waals surface area contributed by atoms with Gasteiger partial charge in [-0.3, -0.25) is 0 Å². The minimum atomic E-state index is 0.324. The highest BCUT2D eigenvalue weighted by Gasteiger charge is 2.27. The molecule has 0 bridgehead atoms. The number of hydrogen-bond donors (Lipinski definition) is 1. The van der Waals surface area contributed by atoms with Crippen LogP contribution in [0.25, 0.3) is 0 Å². The van der Waals surface area contributed by atoms with Gasteiger partial charge < -0.3 is 15.5 Å². The van der Waals surface area contributed by atoms with E-state index in [1.54, 1.807) is 0 Å². The number of rotatable bonds is 5. The van der Waals surface area contributed by atoms with Gasteiger partial charge in [-0.05, 0) is 45.9 Å². The molecule has 1 rings (SSSR count). The Balaban J connectivity index is 2.54. The topological polar surface area (TPSA) is 32.5 Å². The molecule has 17 heavy (non-hydrogen) atoms. The monoisotopic (exact) mass is 241 g/mol. The van der Waals surface area contributed by atoms with E-state index in [1.807, 2.05) is 0 Å². The zero-order chi connectivity index (χ0) is 12.8. The molecule has 3 heteroatoms. The molecule has 1 saturated heterocycles. The van der Waals surface area contributed by atoms with Crippen LogP contribution in [0, 0.1) is 5.92 Å². The first-order valence-corrected chi connectivity index (χ1v) is 7.22. The first kappa shape index (κ1) is 14.9. The molecule has 1 fully saturated rings. The van der Waals surface area contributed by atoms with Crippen LogP contribution in [0.4, 0.5) is 0 Å². The van der Waals surface area contributed by atoms with Crippen molar-refractivity contribution in [1.29, 1.82) is 0 Å². The van der Waals surface area contributed by atoms with Gasteiger partial charge in [-0.15, -0.1) is 0 Å². The second kappa shape index (κ2) is 7.34. The van der Waals surface area contributed by atoms with E-state index in [0.717, 1.165) is 12.5 Å². The SMILES string of the molecule is CCC(CC)CC(N)C1CN(C)CCCN1C. The Kier molecular flexibility index (Phi) is 6.45. The molecule has 2 N–H and O–H groups in total. The number of hydrogen-bond acceptors (Lipinski definition) is 3. The van der Waals surface area contributed by atoms with Crippen molar-refractivity contribution in [3.8, 4) is 0 Å². The summed E-state index contributed by atoms with van der Waals surface area (Å²) in [5.41, 5.74) is 6.45. The Morgan fingerprint density at radius 2 is 1.82 bits per heavy atom. The van der Waals surface area contributed by atoms with Gasteiger partial charge in [0.1, 0.15) is 0 Å². The van der Waals surface area contributed by atoms with Gasteiger partial charge in [0.2, 0.25) is 0 Å². The Labute approximate surface area is 107 Å². The third-order valence-electron chi connectivity index (χ3n) is 4.37. The van der Waals surface area contributed by atoms with Crippen LogP contribution < -0.4 is 5.73 Å². The van der Waals surface area contributed by atoms with E-state index in [0.29, 0.717) is 12.1 Å².